The third-order valence-corrected chi connectivity index (χ3v) is 4.04. The minimum atomic E-state index is -1.21. The van der Waals surface area contributed by atoms with E-state index < -0.39 is 43.2 Å². The number of amides is 1. The SMILES string of the molecule is CCCCCCC(=O)Oc1ccccc1C(=O)OCC(=O)NC(C)(CO)CO. The van der Waals surface area contributed by atoms with Crippen LogP contribution >= 0.6 is 0 Å². The standard InChI is InChI=1S/C20H29NO7/c1-3-4-5-6-11-18(25)28-16-10-8-7-9-15(16)19(26)27-12-17(24)21-20(2,13-22)14-23/h7-10,22-23H,3-6,11-14H2,1-2H3,(H,21,24). The van der Waals surface area contributed by atoms with Crippen LogP contribution in [-0.4, -0.2) is 53.4 Å². The first kappa shape index (κ1) is 23.6. The number of unbranched alkanes of at least 4 members (excludes halogenated alkanes) is 3. The Balaban J connectivity index is 2.62. The van der Waals surface area contributed by atoms with E-state index in [2.05, 4.69) is 12.2 Å². The highest BCUT2D eigenvalue weighted by atomic mass is 16.6. The second kappa shape index (κ2) is 12.1. The molecule has 0 radical (unpaired) electrons. The van der Waals surface area contributed by atoms with Crippen LogP contribution in [-0.2, 0) is 14.3 Å². The van der Waals surface area contributed by atoms with Gasteiger partial charge in [-0.3, -0.25) is 9.59 Å². The van der Waals surface area contributed by atoms with Gasteiger partial charge in [0, 0.05) is 6.42 Å². The molecule has 0 saturated heterocycles. The van der Waals surface area contributed by atoms with E-state index >= 15 is 0 Å². The van der Waals surface area contributed by atoms with Crippen molar-refractivity contribution in [3.63, 3.8) is 0 Å². The second-order valence-corrected chi connectivity index (χ2v) is 6.78. The van der Waals surface area contributed by atoms with Gasteiger partial charge in [0.15, 0.2) is 6.61 Å². The van der Waals surface area contributed by atoms with Crippen LogP contribution in [0.1, 0.15) is 56.3 Å². The lowest BCUT2D eigenvalue weighted by Gasteiger charge is -2.25. The zero-order valence-electron chi connectivity index (χ0n) is 16.4. The van der Waals surface area contributed by atoms with Crippen molar-refractivity contribution in [2.75, 3.05) is 19.8 Å². The largest absolute Gasteiger partial charge is 0.452 e. The molecule has 0 bridgehead atoms. The van der Waals surface area contributed by atoms with Gasteiger partial charge in [0.2, 0.25) is 0 Å². The average Bonchev–Trinajstić information content (AvgIpc) is 2.69. The van der Waals surface area contributed by atoms with E-state index in [1.165, 1.54) is 19.1 Å². The van der Waals surface area contributed by atoms with Gasteiger partial charge in [-0.15, -0.1) is 0 Å². The van der Waals surface area contributed by atoms with Gasteiger partial charge >= 0.3 is 11.9 Å². The predicted octanol–water partition coefficient (Wildman–Crippen LogP) is 1.58. The molecule has 28 heavy (non-hydrogen) atoms. The lowest BCUT2D eigenvalue weighted by molar-refractivity contribution is -0.134. The molecule has 0 fully saturated rings. The minimum Gasteiger partial charge on any atom is -0.452 e. The zero-order chi connectivity index (χ0) is 21.0. The molecule has 0 spiro atoms. The van der Waals surface area contributed by atoms with E-state index in [1.807, 2.05) is 0 Å². The molecular weight excluding hydrogens is 366 g/mol. The Morgan fingerprint density at radius 3 is 2.39 bits per heavy atom. The molecule has 3 N–H and O–H groups in total. The summed E-state index contributed by atoms with van der Waals surface area (Å²) in [4.78, 5) is 36.1. The number of ether oxygens (including phenoxy) is 2. The van der Waals surface area contributed by atoms with Crippen LogP contribution in [0.2, 0.25) is 0 Å². The number of carbonyl (C=O) groups excluding carboxylic acids is 3. The number of nitrogens with one attached hydrogen (secondary N) is 1. The molecule has 0 aliphatic rings. The van der Waals surface area contributed by atoms with Crippen LogP contribution in [0.5, 0.6) is 5.75 Å². The molecule has 0 aliphatic carbocycles. The van der Waals surface area contributed by atoms with Crippen LogP contribution < -0.4 is 10.1 Å². The Hall–Kier alpha value is -2.45. The molecule has 0 aliphatic heterocycles. The van der Waals surface area contributed by atoms with Crippen molar-refractivity contribution in [3.05, 3.63) is 29.8 Å². The van der Waals surface area contributed by atoms with Gasteiger partial charge in [-0.05, 0) is 25.5 Å². The van der Waals surface area contributed by atoms with E-state index in [1.54, 1.807) is 12.1 Å². The van der Waals surface area contributed by atoms with Crippen molar-refractivity contribution in [1.29, 1.82) is 0 Å². The fourth-order valence-corrected chi connectivity index (χ4v) is 2.30. The number of esters is 2. The van der Waals surface area contributed by atoms with Crippen molar-refractivity contribution in [2.24, 2.45) is 0 Å². The van der Waals surface area contributed by atoms with E-state index in [4.69, 9.17) is 9.47 Å². The normalized spacial score (nSPS) is 11.0. The second-order valence-electron chi connectivity index (χ2n) is 6.78. The number of hydrogen-bond donors (Lipinski definition) is 3. The summed E-state index contributed by atoms with van der Waals surface area (Å²) in [6, 6.07) is 6.13. The molecule has 0 atom stereocenters. The molecule has 0 heterocycles. The van der Waals surface area contributed by atoms with E-state index in [0.29, 0.717) is 6.42 Å². The van der Waals surface area contributed by atoms with Crippen LogP contribution in [0.4, 0.5) is 0 Å². The van der Waals surface area contributed by atoms with Gasteiger partial charge in [0.05, 0.1) is 18.8 Å². The summed E-state index contributed by atoms with van der Waals surface area (Å²) in [7, 11) is 0. The summed E-state index contributed by atoms with van der Waals surface area (Å²) < 4.78 is 10.2. The summed E-state index contributed by atoms with van der Waals surface area (Å²) >= 11 is 0. The molecule has 8 nitrogen and oxygen atoms in total. The van der Waals surface area contributed by atoms with Gasteiger partial charge in [0.1, 0.15) is 11.3 Å². The summed E-state index contributed by atoms with van der Waals surface area (Å²) in [5, 5.41) is 20.7. The average molecular weight is 395 g/mol. The maximum absolute atomic E-state index is 12.3. The topological polar surface area (TPSA) is 122 Å². The third-order valence-electron chi connectivity index (χ3n) is 4.04. The van der Waals surface area contributed by atoms with Crippen molar-refractivity contribution in [2.45, 2.75) is 51.5 Å². The summed E-state index contributed by atoms with van der Waals surface area (Å²) in [6.45, 7) is 1.98. The Bertz CT molecular complexity index is 656. The van der Waals surface area contributed by atoms with Gasteiger partial charge in [-0.2, -0.15) is 0 Å². The summed E-state index contributed by atoms with van der Waals surface area (Å²) in [5.41, 5.74) is -1.18. The van der Waals surface area contributed by atoms with Gasteiger partial charge in [0.25, 0.3) is 5.91 Å². The predicted molar refractivity (Wildman–Crippen MR) is 102 cm³/mol. The number of aliphatic hydroxyl groups is 2. The smallest absolute Gasteiger partial charge is 0.342 e. The number of benzene rings is 1. The van der Waals surface area contributed by atoms with Gasteiger partial charge < -0.3 is 25.0 Å². The molecule has 0 aromatic heterocycles. The Morgan fingerprint density at radius 2 is 1.75 bits per heavy atom. The summed E-state index contributed by atoms with van der Waals surface area (Å²) in [6.07, 6.45) is 4.02. The lowest BCUT2D eigenvalue weighted by Crippen LogP contribution is -2.52. The number of hydrogen-bond acceptors (Lipinski definition) is 7. The Morgan fingerprint density at radius 1 is 1.07 bits per heavy atom. The first-order chi connectivity index (χ1) is 13.3. The van der Waals surface area contributed by atoms with Crippen LogP contribution in [0.25, 0.3) is 0 Å². The van der Waals surface area contributed by atoms with Gasteiger partial charge in [-0.25, -0.2) is 4.79 Å². The third kappa shape index (κ3) is 8.06. The molecule has 0 saturated carbocycles. The Labute approximate surface area is 164 Å². The van der Waals surface area contributed by atoms with Crippen LogP contribution in [0, 0.1) is 0 Å². The molecule has 156 valence electrons. The molecule has 1 rings (SSSR count). The fraction of sp³-hybridized carbons (Fsp3) is 0.550. The minimum absolute atomic E-state index is 0.0317. The van der Waals surface area contributed by atoms with Crippen LogP contribution in [0.15, 0.2) is 24.3 Å². The number of carbonyl (C=O) groups is 3. The summed E-state index contributed by atoms with van der Waals surface area (Å²) in [5.74, 6) is -1.86. The van der Waals surface area contributed by atoms with Crippen molar-refractivity contribution < 1.29 is 34.1 Å². The molecule has 8 heteroatoms. The molecule has 1 amide bonds. The molecular formula is C20H29NO7. The zero-order valence-corrected chi connectivity index (χ0v) is 16.4. The molecule has 0 unspecified atom stereocenters. The fourth-order valence-electron chi connectivity index (χ4n) is 2.30. The first-order valence-corrected chi connectivity index (χ1v) is 9.34. The van der Waals surface area contributed by atoms with Crippen molar-refractivity contribution >= 4 is 17.8 Å². The quantitative estimate of drug-likeness (QED) is 0.279. The van der Waals surface area contributed by atoms with E-state index in [0.717, 1.165) is 19.3 Å². The maximum Gasteiger partial charge on any atom is 0.342 e. The molecule has 1 aromatic rings. The number of aliphatic hydroxyl groups excluding tert-OH is 2. The first-order valence-electron chi connectivity index (χ1n) is 9.34. The van der Waals surface area contributed by atoms with Gasteiger partial charge in [-0.1, -0.05) is 38.3 Å². The van der Waals surface area contributed by atoms with E-state index in [9.17, 15) is 24.6 Å². The highest BCUT2D eigenvalue weighted by molar-refractivity contribution is 5.94. The van der Waals surface area contributed by atoms with E-state index in [-0.39, 0.29) is 17.7 Å². The maximum atomic E-state index is 12.3. The highest BCUT2D eigenvalue weighted by Gasteiger charge is 2.25. The number of para-hydroxylation sites is 1. The monoisotopic (exact) mass is 395 g/mol. The van der Waals surface area contributed by atoms with Crippen molar-refractivity contribution in [1.82, 2.24) is 5.32 Å². The number of rotatable bonds is 12. The Kier molecular flexibility index (Phi) is 10.2. The van der Waals surface area contributed by atoms with Crippen molar-refractivity contribution in [3.8, 4) is 5.75 Å². The highest BCUT2D eigenvalue weighted by Crippen LogP contribution is 2.20. The molecule has 1 aromatic carbocycles. The van der Waals surface area contributed by atoms with Crippen LogP contribution in [0.3, 0.4) is 0 Å². The lowest BCUT2D eigenvalue weighted by atomic mass is 10.1.